The van der Waals surface area contributed by atoms with Crippen LogP contribution in [0.4, 0.5) is 0 Å². The Morgan fingerprint density at radius 2 is 1.58 bits per heavy atom. The number of aromatic amines is 1. The van der Waals surface area contributed by atoms with Crippen molar-refractivity contribution in [1.29, 1.82) is 0 Å². The second-order valence-electron chi connectivity index (χ2n) is 7.18. The van der Waals surface area contributed by atoms with E-state index in [1.807, 2.05) is 30.3 Å². The lowest BCUT2D eigenvalue weighted by atomic mass is 10.1. The van der Waals surface area contributed by atoms with E-state index in [1.165, 1.54) is 4.68 Å². The van der Waals surface area contributed by atoms with Crippen LogP contribution in [0.25, 0.3) is 22.0 Å². The molecule has 0 saturated heterocycles. The molecule has 0 bridgehead atoms. The molecule has 156 valence electrons. The van der Waals surface area contributed by atoms with Gasteiger partial charge < -0.3 is 0 Å². The van der Waals surface area contributed by atoms with Crippen LogP contribution >= 0.6 is 0 Å². The number of hydrogen-bond acceptors (Lipinski definition) is 5. The van der Waals surface area contributed by atoms with Crippen LogP contribution in [0.2, 0.25) is 0 Å². The Morgan fingerprint density at radius 1 is 0.935 bits per heavy atom. The summed E-state index contributed by atoms with van der Waals surface area (Å²) < 4.78 is 1.25. The maximum atomic E-state index is 12.8. The normalized spacial score (nSPS) is 10.9. The molecule has 0 spiro atoms. The van der Waals surface area contributed by atoms with E-state index in [2.05, 4.69) is 26.1 Å². The van der Waals surface area contributed by atoms with Crippen molar-refractivity contribution in [2.45, 2.75) is 19.9 Å². The predicted octanol–water partition coefficient (Wildman–Crippen LogP) is 2.44. The highest BCUT2D eigenvalue weighted by Gasteiger charge is 2.19. The van der Waals surface area contributed by atoms with E-state index in [-0.39, 0.29) is 23.0 Å². The minimum atomic E-state index is -0.637. The van der Waals surface area contributed by atoms with Gasteiger partial charge in [0.1, 0.15) is 5.69 Å². The molecule has 0 atom stereocenters. The van der Waals surface area contributed by atoms with E-state index in [0.717, 1.165) is 5.56 Å². The summed E-state index contributed by atoms with van der Waals surface area (Å²) in [6.07, 6.45) is 0. The first-order valence-electron chi connectivity index (χ1n) is 9.69. The number of carbonyl (C=O) groups excluding carboxylic acids is 2. The molecular formula is C22H20N6O3. The molecular weight excluding hydrogens is 396 g/mol. The van der Waals surface area contributed by atoms with Gasteiger partial charge in [0.2, 0.25) is 0 Å². The predicted molar refractivity (Wildman–Crippen MR) is 115 cm³/mol. The molecule has 0 aliphatic rings. The minimum absolute atomic E-state index is 0.0405. The lowest BCUT2D eigenvalue weighted by Gasteiger charge is -2.13. The number of benzene rings is 2. The fraction of sp³-hybridized carbons (Fsp3) is 0.136. The van der Waals surface area contributed by atoms with Gasteiger partial charge in [0.15, 0.2) is 5.69 Å². The van der Waals surface area contributed by atoms with Gasteiger partial charge in [0.05, 0.1) is 17.1 Å². The summed E-state index contributed by atoms with van der Waals surface area (Å²) in [4.78, 5) is 37.8. The molecule has 2 amide bonds. The second-order valence-corrected chi connectivity index (χ2v) is 7.18. The molecule has 9 nitrogen and oxygen atoms in total. The molecule has 2 aromatic heterocycles. The smallest absolute Gasteiger partial charge is 0.272 e. The first kappa shape index (κ1) is 20.0. The van der Waals surface area contributed by atoms with Crippen molar-refractivity contribution in [2.75, 3.05) is 0 Å². The standard InChI is InChI=1S/C22H20N6O3/c1-13(2)28-22(31)16-11-7-6-10-15(16)19(27-28)21(30)26-25-20(29)18-12-17(23-24-18)14-8-4-3-5-9-14/h3-13H,1-2H3,(H,23,24)(H,25,29)(H,26,30). The summed E-state index contributed by atoms with van der Waals surface area (Å²) in [6, 6.07) is 17.5. The van der Waals surface area contributed by atoms with Gasteiger partial charge in [-0.15, -0.1) is 0 Å². The third kappa shape index (κ3) is 3.93. The van der Waals surface area contributed by atoms with E-state index in [0.29, 0.717) is 16.5 Å². The van der Waals surface area contributed by atoms with Gasteiger partial charge in [-0.05, 0) is 26.0 Å². The van der Waals surface area contributed by atoms with E-state index < -0.39 is 11.8 Å². The monoisotopic (exact) mass is 416 g/mol. The van der Waals surface area contributed by atoms with Crippen LogP contribution in [0.3, 0.4) is 0 Å². The molecule has 0 saturated carbocycles. The fourth-order valence-electron chi connectivity index (χ4n) is 3.16. The van der Waals surface area contributed by atoms with E-state index in [4.69, 9.17) is 0 Å². The van der Waals surface area contributed by atoms with Crippen molar-refractivity contribution in [3.63, 3.8) is 0 Å². The van der Waals surface area contributed by atoms with E-state index in [1.54, 1.807) is 44.2 Å². The largest absolute Gasteiger partial charge is 0.290 e. The Labute approximate surface area is 177 Å². The second kappa shape index (κ2) is 8.23. The topological polar surface area (TPSA) is 122 Å². The molecule has 31 heavy (non-hydrogen) atoms. The molecule has 0 aliphatic carbocycles. The number of rotatable bonds is 4. The lowest BCUT2D eigenvalue weighted by molar-refractivity contribution is 0.0840. The first-order valence-corrected chi connectivity index (χ1v) is 9.69. The van der Waals surface area contributed by atoms with Crippen LogP contribution in [0.5, 0.6) is 0 Å². The van der Waals surface area contributed by atoms with Crippen LogP contribution in [-0.2, 0) is 0 Å². The maximum Gasteiger partial charge on any atom is 0.290 e. The van der Waals surface area contributed by atoms with Gasteiger partial charge in [-0.25, -0.2) is 4.68 Å². The first-order chi connectivity index (χ1) is 15.0. The number of hydrogen-bond donors (Lipinski definition) is 3. The van der Waals surface area contributed by atoms with Crippen LogP contribution in [0, 0.1) is 0 Å². The number of carbonyl (C=O) groups is 2. The Morgan fingerprint density at radius 3 is 2.29 bits per heavy atom. The molecule has 4 rings (SSSR count). The zero-order chi connectivity index (χ0) is 22.0. The van der Waals surface area contributed by atoms with Crippen molar-refractivity contribution >= 4 is 22.6 Å². The van der Waals surface area contributed by atoms with Crippen LogP contribution in [-0.4, -0.2) is 31.8 Å². The number of fused-ring (bicyclic) bond motifs is 1. The third-order valence-corrected chi connectivity index (χ3v) is 4.71. The fourth-order valence-corrected chi connectivity index (χ4v) is 3.16. The van der Waals surface area contributed by atoms with Crippen LogP contribution < -0.4 is 16.4 Å². The number of nitrogens with zero attached hydrogens (tertiary/aromatic N) is 3. The molecule has 0 fully saturated rings. The summed E-state index contributed by atoms with van der Waals surface area (Å²) in [5.41, 5.74) is 6.12. The van der Waals surface area contributed by atoms with E-state index in [9.17, 15) is 14.4 Å². The van der Waals surface area contributed by atoms with Gasteiger partial charge in [0, 0.05) is 10.9 Å². The zero-order valence-electron chi connectivity index (χ0n) is 16.9. The molecule has 2 heterocycles. The summed E-state index contributed by atoms with van der Waals surface area (Å²) in [6.45, 7) is 3.60. The number of aromatic nitrogens is 4. The van der Waals surface area contributed by atoms with Gasteiger partial charge >= 0.3 is 0 Å². The molecule has 0 aliphatic heterocycles. The Bertz CT molecular complexity index is 1320. The van der Waals surface area contributed by atoms with Crippen LogP contribution in [0.15, 0.2) is 65.5 Å². The molecule has 0 radical (unpaired) electrons. The summed E-state index contributed by atoms with van der Waals surface area (Å²) in [5, 5.41) is 11.8. The van der Waals surface area contributed by atoms with Gasteiger partial charge in [-0.1, -0.05) is 48.5 Å². The average molecular weight is 416 g/mol. The molecule has 0 unspecified atom stereocenters. The van der Waals surface area contributed by atoms with Gasteiger partial charge in [-0.3, -0.25) is 30.3 Å². The summed E-state index contributed by atoms with van der Waals surface area (Å²) in [7, 11) is 0. The quantitative estimate of drug-likeness (QED) is 0.441. The third-order valence-electron chi connectivity index (χ3n) is 4.71. The Balaban J connectivity index is 1.55. The summed E-state index contributed by atoms with van der Waals surface area (Å²) >= 11 is 0. The zero-order valence-corrected chi connectivity index (χ0v) is 16.9. The lowest BCUT2D eigenvalue weighted by Crippen LogP contribution is -2.43. The van der Waals surface area contributed by atoms with Crippen molar-refractivity contribution in [3.05, 3.63) is 82.4 Å². The van der Waals surface area contributed by atoms with Crippen molar-refractivity contribution < 1.29 is 9.59 Å². The number of H-pyrrole nitrogens is 1. The Kier molecular flexibility index (Phi) is 5.31. The highest BCUT2D eigenvalue weighted by atomic mass is 16.2. The molecule has 4 aromatic rings. The molecule has 3 N–H and O–H groups in total. The number of nitrogens with one attached hydrogen (secondary N) is 3. The SMILES string of the molecule is CC(C)n1nc(C(=O)NNC(=O)c2cc(-c3ccccc3)n[nH]2)c2ccccc2c1=O. The van der Waals surface area contributed by atoms with E-state index >= 15 is 0 Å². The van der Waals surface area contributed by atoms with Gasteiger partial charge in [0.25, 0.3) is 17.4 Å². The van der Waals surface area contributed by atoms with Crippen molar-refractivity contribution in [1.82, 2.24) is 30.8 Å². The summed E-state index contributed by atoms with van der Waals surface area (Å²) in [5.74, 6) is -1.20. The Hall–Kier alpha value is -4.27. The average Bonchev–Trinajstić information content (AvgIpc) is 3.28. The molecule has 9 heteroatoms. The highest BCUT2D eigenvalue weighted by molar-refractivity contribution is 6.05. The molecule has 2 aromatic carbocycles. The van der Waals surface area contributed by atoms with Crippen molar-refractivity contribution in [3.8, 4) is 11.3 Å². The maximum absolute atomic E-state index is 12.8. The van der Waals surface area contributed by atoms with Gasteiger partial charge in [-0.2, -0.15) is 10.2 Å². The number of hydrazine groups is 1. The van der Waals surface area contributed by atoms with Crippen molar-refractivity contribution in [2.24, 2.45) is 0 Å². The van der Waals surface area contributed by atoms with Crippen LogP contribution in [0.1, 0.15) is 40.9 Å². The minimum Gasteiger partial charge on any atom is -0.272 e. The number of amides is 2. The highest BCUT2D eigenvalue weighted by Crippen LogP contribution is 2.17.